The van der Waals surface area contributed by atoms with Crippen LogP contribution in [0.2, 0.25) is 0 Å². The largest absolute Gasteiger partial charge is 0.356 e. The van der Waals surface area contributed by atoms with Gasteiger partial charge in [-0.1, -0.05) is 12.1 Å². The number of benzene rings is 1. The van der Waals surface area contributed by atoms with Crippen molar-refractivity contribution >= 4 is 27.5 Å². The van der Waals surface area contributed by atoms with Crippen molar-refractivity contribution in [1.82, 2.24) is 20.3 Å². The van der Waals surface area contributed by atoms with Crippen molar-refractivity contribution < 1.29 is 4.79 Å². The van der Waals surface area contributed by atoms with Gasteiger partial charge < -0.3 is 10.3 Å². The Balaban J connectivity index is 1.50. The molecule has 0 saturated carbocycles. The van der Waals surface area contributed by atoms with Crippen molar-refractivity contribution in [2.45, 2.75) is 26.2 Å². The molecule has 0 aliphatic heterocycles. The number of hydrogen-bond acceptors (Lipinski definition) is 5. The Hall–Kier alpha value is -2.74. The van der Waals surface area contributed by atoms with Crippen molar-refractivity contribution in [2.24, 2.45) is 0 Å². The number of aromatic nitrogens is 3. The van der Waals surface area contributed by atoms with Gasteiger partial charge in [0, 0.05) is 24.2 Å². The van der Waals surface area contributed by atoms with E-state index in [4.69, 9.17) is 0 Å². The van der Waals surface area contributed by atoms with Crippen LogP contribution in [0.5, 0.6) is 0 Å². The fourth-order valence-electron chi connectivity index (χ4n) is 2.56. The van der Waals surface area contributed by atoms with Crippen LogP contribution in [0.4, 0.5) is 0 Å². The normalized spacial score (nSPS) is 10.9. The Morgan fingerprint density at radius 3 is 2.80 bits per heavy atom. The lowest BCUT2D eigenvalue weighted by Gasteiger charge is -2.06. The van der Waals surface area contributed by atoms with Crippen LogP contribution in [0.1, 0.15) is 22.7 Å². The average Bonchev–Trinajstić information content (AvgIpc) is 2.97. The average molecular weight is 358 g/mol. The number of aryl methyl sites for hydroxylation is 2. The Bertz CT molecular complexity index is 985. The maximum atomic E-state index is 12.0. The molecule has 0 spiro atoms. The molecule has 0 fully saturated rings. The zero-order valence-electron chi connectivity index (χ0n) is 13.7. The smallest absolute Gasteiger partial charge is 0.325 e. The molecule has 0 unspecified atom stereocenters. The van der Waals surface area contributed by atoms with Gasteiger partial charge in [0.15, 0.2) is 0 Å². The summed E-state index contributed by atoms with van der Waals surface area (Å²) in [6.45, 7) is 2.11. The van der Waals surface area contributed by atoms with Gasteiger partial charge in [0.05, 0.1) is 21.6 Å². The summed E-state index contributed by atoms with van der Waals surface area (Å²) in [5.41, 5.74) is 0.606. The zero-order valence-corrected chi connectivity index (χ0v) is 14.5. The number of amides is 1. The molecule has 2 heterocycles. The number of thiazole rings is 1. The minimum Gasteiger partial charge on any atom is -0.356 e. The number of fused-ring (bicyclic) bond motifs is 1. The third kappa shape index (κ3) is 4.21. The van der Waals surface area contributed by atoms with E-state index in [9.17, 15) is 14.4 Å². The Morgan fingerprint density at radius 1 is 1.24 bits per heavy atom. The molecule has 0 radical (unpaired) electrons. The SMILES string of the molecule is Cc1[nH]c(=O)[nH]c(=O)c1CC(=O)NCCCc1nc2ccccc2s1. The quantitative estimate of drug-likeness (QED) is 0.577. The van der Waals surface area contributed by atoms with Crippen LogP contribution in [-0.2, 0) is 17.6 Å². The van der Waals surface area contributed by atoms with Crippen molar-refractivity contribution in [3.63, 3.8) is 0 Å². The fourth-order valence-corrected chi connectivity index (χ4v) is 3.57. The van der Waals surface area contributed by atoms with Gasteiger partial charge >= 0.3 is 5.69 Å². The molecule has 130 valence electrons. The van der Waals surface area contributed by atoms with Crippen molar-refractivity contribution in [3.05, 3.63) is 61.4 Å². The number of carbonyl (C=O) groups is 1. The van der Waals surface area contributed by atoms with Gasteiger partial charge in [-0.3, -0.25) is 14.6 Å². The van der Waals surface area contributed by atoms with Crippen LogP contribution in [0, 0.1) is 6.92 Å². The van der Waals surface area contributed by atoms with Gasteiger partial charge in [0.1, 0.15) is 0 Å². The minimum absolute atomic E-state index is 0.0565. The standard InChI is InChI=1S/C17H18N4O3S/c1-10-11(16(23)21-17(24)19-10)9-14(22)18-8-4-7-15-20-12-5-2-3-6-13(12)25-15/h2-3,5-6H,4,7-9H2,1H3,(H,18,22)(H2,19,21,23,24). The van der Waals surface area contributed by atoms with Gasteiger partial charge in [-0.15, -0.1) is 11.3 Å². The van der Waals surface area contributed by atoms with Gasteiger partial charge in [0.25, 0.3) is 5.56 Å². The highest BCUT2D eigenvalue weighted by molar-refractivity contribution is 7.18. The number of aromatic amines is 2. The molecule has 3 aromatic rings. The van der Waals surface area contributed by atoms with Crippen LogP contribution >= 0.6 is 11.3 Å². The van der Waals surface area contributed by atoms with Crippen LogP contribution < -0.4 is 16.6 Å². The second-order valence-electron chi connectivity index (χ2n) is 5.72. The number of para-hydroxylation sites is 1. The lowest BCUT2D eigenvalue weighted by Crippen LogP contribution is -2.32. The monoisotopic (exact) mass is 358 g/mol. The second-order valence-corrected chi connectivity index (χ2v) is 6.83. The third-order valence-corrected chi connectivity index (χ3v) is 4.92. The molecule has 2 aromatic heterocycles. The summed E-state index contributed by atoms with van der Waals surface area (Å²) in [4.78, 5) is 44.0. The van der Waals surface area contributed by atoms with Crippen molar-refractivity contribution in [3.8, 4) is 0 Å². The lowest BCUT2D eigenvalue weighted by atomic mass is 10.1. The van der Waals surface area contributed by atoms with E-state index in [0.29, 0.717) is 12.2 Å². The Morgan fingerprint density at radius 2 is 2.04 bits per heavy atom. The summed E-state index contributed by atoms with van der Waals surface area (Å²) in [6.07, 6.45) is 1.50. The minimum atomic E-state index is -0.567. The molecular weight excluding hydrogens is 340 g/mol. The summed E-state index contributed by atoms with van der Waals surface area (Å²) >= 11 is 1.66. The number of H-pyrrole nitrogens is 2. The molecule has 0 aliphatic rings. The number of nitrogens with one attached hydrogen (secondary N) is 3. The third-order valence-electron chi connectivity index (χ3n) is 3.82. The highest BCUT2D eigenvalue weighted by Gasteiger charge is 2.11. The molecule has 25 heavy (non-hydrogen) atoms. The van der Waals surface area contributed by atoms with E-state index in [-0.39, 0.29) is 17.9 Å². The van der Waals surface area contributed by atoms with Crippen LogP contribution in [0.25, 0.3) is 10.2 Å². The maximum Gasteiger partial charge on any atom is 0.325 e. The summed E-state index contributed by atoms with van der Waals surface area (Å²) in [7, 11) is 0. The molecule has 3 rings (SSSR count). The molecule has 3 N–H and O–H groups in total. The summed E-state index contributed by atoms with van der Waals surface area (Å²) < 4.78 is 1.16. The first-order valence-electron chi connectivity index (χ1n) is 7.96. The van der Waals surface area contributed by atoms with Gasteiger partial charge in [-0.25, -0.2) is 9.78 Å². The zero-order chi connectivity index (χ0) is 17.8. The van der Waals surface area contributed by atoms with E-state index < -0.39 is 11.2 Å². The van der Waals surface area contributed by atoms with Crippen molar-refractivity contribution in [1.29, 1.82) is 0 Å². The van der Waals surface area contributed by atoms with E-state index in [1.165, 1.54) is 0 Å². The molecule has 1 aromatic carbocycles. The first kappa shape index (κ1) is 17.1. The lowest BCUT2D eigenvalue weighted by molar-refractivity contribution is -0.120. The molecule has 7 nitrogen and oxygen atoms in total. The van der Waals surface area contributed by atoms with Crippen molar-refractivity contribution in [2.75, 3.05) is 6.54 Å². The molecular formula is C17H18N4O3S. The maximum absolute atomic E-state index is 12.0. The number of carbonyl (C=O) groups excluding carboxylic acids is 1. The fraction of sp³-hybridized carbons (Fsp3) is 0.294. The highest BCUT2D eigenvalue weighted by Crippen LogP contribution is 2.22. The molecule has 0 aliphatic carbocycles. The summed E-state index contributed by atoms with van der Waals surface area (Å²) in [5, 5.41) is 3.84. The molecule has 8 heteroatoms. The highest BCUT2D eigenvalue weighted by atomic mass is 32.1. The van der Waals surface area contributed by atoms with Crippen LogP contribution in [-0.4, -0.2) is 27.4 Å². The molecule has 1 amide bonds. The molecule has 0 bridgehead atoms. The molecule has 0 atom stereocenters. The predicted octanol–water partition coefficient (Wildman–Crippen LogP) is 1.27. The van der Waals surface area contributed by atoms with Gasteiger partial charge in [-0.05, 0) is 25.5 Å². The van der Waals surface area contributed by atoms with Gasteiger partial charge in [-0.2, -0.15) is 0 Å². The van der Waals surface area contributed by atoms with E-state index >= 15 is 0 Å². The summed E-state index contributed by atoms with van der Waals surface area (Å²) in [5.74, 6) is -0.245. The van der Waals surface area contributed by atoms with E-state index in [1.54, 1.807) is 18.3 Å². The Kier molecular flexibility index (Phi) is 5.08. The first-order valence-corrected chi connectivity index (χ1v) is 8.78. The number of rotatable bonds is 6. The van der Waals surface area contributed by atoms with E-state index in [0.717, 1.165) is 28.1 Å². The Labute approximate surface area is 147 Å². The molecule has 0 saturated heterocycles. The van der Waals surface area contributed by atoms with E-state index in [1.807, 2.05) is 24.3 Å². The van der Waals surface area contributed by atoms with E-state index in [2.05, 4.69) is 20.3 Å². The number of nitrogens with zero attached hydrogens (tertiary/aromatic N) is 1. The van der Waals surface area contributed by atoms with Crippen LogP contribution in [0.15, 0.2) is 33.9 Å². The van der Waals surface area contributed by atoms with Crippen LogP contribution in [0.3, 0.4) is 0 Å². The second kappa shape index (κ2) is 7.43. The summed E-state index contributed by atoms with van der Waals surface area (Å²) in [6, 6.07) is 7.99. The topological polar surface area (TPSA) is 108 Å². The predicted molar refractivity (Wildman–Crippen MR) is 97.1 cm³/mol. The number of hydrogen-bond donors (Lipinski definition) is 3. The van der Waals surface area contributed by atoms with Gasteiger partial charge in [0.2, 0.25) is 5.91 Å². The first-order chi connectivity index (χ1) is 12.0.